The van der Waals surface area contributed by atoms with Crippen molar-refractivity contribution in [2.75, 3.05) is 0 Å². The molecule has 88 valence electrons. The molecule has 0 spiro atoms. The molecular formula is C10H14N2O4. The van der Waals surface area contributed by atoms with E-state index in [9.17, 15) is 9.59 Å². The molecule has 1 aromatic heterocycles. The van der Waals surface area contributed by atoms with Crippen LogP contribution in [0.4, 0.5) is 0 Å². The predicted molar refractivity (Wildman–Crippen MR) is 55.0 cm³/mol. The summed E-state index contributed by atoms with van der Waals surface area (Å²) in [7, 11) is 0. The molecule has 1 amide bonds. The number of rotatable bonds is 5. The van der Waals surface area contributed by atoms with Gasteiger partial charge in [0.1, 0.15) is 0 Å². The van der Waals surface area contributed by atoms with E-state index in [0.29, 0.717) is 12.1 Å². The van der Waals surface area contributed by atoms with Gasteiger partial charge < -0.3 is 14.8 Å². The molecule has 1 rings (SSSR count). The number of nitrogens with one attached hydrogen (secondary N) is 1. The lowest BCUT2D eigenvalue weighted by atomic mass is 10.2. The minimum Gasteiger partial charge on any atom is -0.481 e. The number of oxazole rings is 1. The smallest absolute Gasteiger partial charge is 0.303 e. The Balaban J connectivity index is 2.46. The third kappa shape index (κ3) is 3.38. The molecular weight excluding hydrogens is 212 g/mol. The Morgan fingerprint density at radius 3 is 2.81 bits per heavy atom. The number of carboxylic acids is 1. The summed E-state index contributed by atoms with van der Waals surface area (Å²) >= 11 is 0. The number of aromatic nitrogens is 1. The van der Waals surface area contributed by atoms with Gasteiger partial charge in [-0.05, 0) is 20.3 Å². The normalized spacial score (nSPS) is 12.1. The second kappa shape index (κ2) is 5.29. The van der Waals surface area contributed by atoms with Crippen molar-refractivity contribution >= 4 is 11.9 Å². The van der Waals surface area contributed by atoms with Crippen molar-refractivity contribution in [1.29, 1.82) is 0 Å². The first kappa shape index (κ1) is 12.2. The van der Waals surface area contributed by atoms with Crippen LogP contribution in [0.25, 0.3) is 0 Å². The highest BCUT2D eigenvalue weighted by atomic mass is 16.4. The largest absolute Gasteiger partial charge is 0.481 e. The van der Waals surface area contributed by atoms with E-state index in [4.69, 9.17) is 9.52 Å². The quantitative estimate of drug-likeness (QED) is 0.780. The summed E-state index contributed by atoms with van der Waals surface area (Å²) in [5.41, 5.74) is 0.517. The zero-order chi connectivity index (χ0) is 12.1. The second-order valence-corrected chi connectivity index (χ2v) is 3.57. The van der Waals surface area contributed by atoms with Gasteiger partial charge in [-0.2, -0.15) is 0 Å². The summed E-state index contributed by atoms with van der Waals surface area (Å²) in [6.45, 7) is 3.41. The molecule has 0 aromatic carbocycles. The van der Waals surface area contributed by atoms with E-state index in [2.05, 4.69) is 10.3 Å². The minimum atomic E-state index is -0.878. The highest BCUT2D eigenvalue weighted by Crippen LogP contribution is 2.06. The monoisotopic (exact) mass is 226 g/mol. The van der Waals surface area contributed by atoms with Gasteiger partial charge >= 0.3 is 5.97 Å². The van der Waals surface area contributed by atoms with E-state index < -0.39 is 5.97 Å². The molecule has 1 atom stereocenters. The van der Waals surface area contributed by atoms with Crippen LogP contribution in [0.5, 0.6) is 0 Å². The molecule has 0 saturated heterocycles. The van der Waals surface area contributed by atoms with Crippen LogP contribution in [0.2, 0.25) is 0 Å². The summed E-state index contributed by atoms with van der Waals surface area (Å²) in [6.07, 6.45) is 1.61. The molecule has 2 N–H and O–H groups in total. The number of amides is 1. The lowest BCUT2D eigenvalue weighted by Crippen LogP contribution is -2.33. The maximum absolute atomic E-state index is 11.6. The number of aryl methyl sites for hydroxylation is 1. The molecule has 1 heterocycles. The Morgan fingerprint density at radius 1 is 1.62 bits per heavy atom. The average Bonchev–Trinajstić information content (AvgIpc) is 2.61. The van der Waals surface area contributed by atoms with Crippen LogP contribution in [0, 0.1) is 6.92 Å². The number of carboxylic acid groups (broad SMARTS) is 1. The first-order valence-electron chi connectivity index (χ1n) is 4.93. The molecule has 0 aliphatic heterocycles. The van der Waals surface area contributed by atoms with Gasteiger partial charge in [0.25, 0.3) is 5.91 Å². The van der Waals surface area contributed by atoms with Gasteiger partial charge in [0.2, 0.25) is 5.76 Å². The third-order valence-electron chi connectivity index (χ3n) is 2.12. The molecule has 1 unspecified atom stereocenters. The van der Waals surface area contributed by atoms with Crippen LogP contribution in [-0.4, -0.2) is 28.0 Å². The summed E-state index contributed by atoms with van der Waals surface area (Å²) in [5, 5.41) is 11.1. The van der Waals surface area contributed by atoms with Crippen molar-refractivity contribution in [3.63, 3.8) is 0 Å². The van der Waals surface area contributed by atoms with Crippen LogP contribution in [0.15, 0.2) is 10.8 Å². The highest BCUT2D eigenvalue weighted by molar-refractivity contribution is 5.92. The Bertz CT molecular complexity index is 386. The van der Waals surface area contributed by atoms with Crippen molar-refractivity contribution in [3.05, 3.63) is 17.8 Å². The second-order valence-electron chi connectivity index (χ2n) is 3.57. The minimum absolute atomic E-state index is 0.0246. The number of nitrogens with zero attached hydrogens (tertiary/aromatic N) is 1. The average molecular weight is 226 g/mol. The zero-order valence-electron chi connectivity index (χ0n) is 9.19. The van der Waals surface area contributed by atoms with Gasteiger partial charge in [0.15, 0.2) is 6.39 Å². The molecule has 6 nitrogen and oxygen atoms in total. The maximum Gasteiger partial charge on any atom is 0.303 e. The van der Waals surface area contributed by atoms with E-state index in [0.717, 1.165) is 0 Å². The Hall–Kier alpha value is -1.85. The van der Waals surface area contributed by atoms with Gasteiger partial charge in [-0.1, -0.05) is 0 Å². The van der Waals surface area contributed by atoms with Gasteiger partial charge in [-0.25, -0.2) is 4.98 Å². The number of aliphatic carboxylic acids is 1. The van der Waals surface area contributed by atoms with E-state index >= 15 is 0 Å². The van der Waals surface area contributed by atoms with Gasteiger partial charge in [-0.15, -0.1) is 0 Å². The Kier molecular flexibility index (Phi) is 4.04. The molecule has 0 radical (unpaired) electrons. The van der Waals surface area contributed by atoms with Crippen LogP contribution in [0.3, 0.4) is 0 Å². The van der Waals surface area contributed by atoms with Crippen LogP contribution in [0.1, 0.15) is 36.0 Å². The van der Waals surface area contributed by atoms with Crippen molar-refractivity contribution in [3.8, 4) is 0 Å². The lowest BCUT2D eigenvalue weighted by Gasteiger charge is -2.11. The number of carbonyl (C=O) groups is 2. The number of hydrogen-bond donors (Lipinski definition) is 2. The molecule has 0 bridgehead atoms. The molecule has 1 aromatic rings. The van der Waals surface area contributed by atoms with Crippen LogP contribution in [-0.2, 0) is 4.79 Å². The number of hydrogen-bond acceptors (Lipinski definition) is 4. The molecule has 6 heteroatoms. The summed E-state index contributed by atoms with van der Waals surface area (Å²) in [4.78, 5) is 25.7. The Morgan fingerprint density at radius 2 is 2.31 bits per heavy atom. The predicted octanol–water partition coefficient (Wildman–Crippen LogP) is 0.966. The summed E-state index contributed by atoms with van der Waals surface area (Å²) < 4.78 is 4.91. The van der Waals surface area contributed by atoms with Gasteiger partial charge in [0.05, 0.1) is 5.69 Å². The SMILES string of the molecule is Cc1ncoc1C(=O)NC(C)CCC(=O)O. The van der Waals surface area contributed by atoms with Crippen LogP contribution < -0.4 is 5.32 Å². The van der Waals surface area contributed by atoms with Gasteiger partial charge in [0, 0.05) is 12.5 Å². The maximum atomic E-state index is 11.6. The molecule has 0 aliphatic carbocycles. The van der Waals surface area contributed by atoms with E-state index in [1.807, 2.05) is 0 Å². The van der Waals surface area contributed by atoms with Crippen LogP contribution >= 0.6 is 0 Å². The summed E-state index contributed by atoms with van der Waals surface area (Å²) in [5.74, 6) is -1.08. The van der Waals surface area contributed by atoms with E-state index in [1.54, 1.807) is 13.8 Å². The van der Waals surface area contributed by atoms with Crippen molar-refractivity contribution in [2.45, 2.75) is 32.7 Å². The summed E-state index contributed by atoms with van der Waals surface area (Å²) in [6, 6.07) is -0.215. The molecule has 0 saturated carbocycles. The fourth-order valence-corrected chi connectivity index (χ4v) is 1.22. The first-order chi connectivity index (χ1) is 7.50. The Labute approximate surface area is 92.7 Å². The third-order valence-corrected chi connectivity index (χ3v) is 2.12. The fraction of sp³-hybridized carbons (Fsp3) is 0.500. The van der Waals surface area contributed by atoms with Crippen molar-refractivity contribution < 1.29 is 19.1 Å². The zero-order valence-corrected chi connectivity index (χ0v) is 9.19. The molecule has 16 heavy (non-hydrogen) atoms. The van der Waals surface area contributed by atoms with E-state index in [-0.39, 0.29) is 24.1 Å². The number of carbonyl (C=O) groups excluding carboxylic acids is 1. The fourth-order valence-electron chi connectivity index (χ4n) is 1.22. The van der Waals surface area contributed by atoms with Crippen molar-refractivity contribution in [1.82, 2.24) is 10.3 Å². The van der Waals surface area contributed by atoms with E-state index in [1.165, 1.54) is 6.39 Å². The topological polar surface area (TPSA) is 92.4 Å². The van der Waals surface area contributed by atoms with Gasteiger partial charge in [-0.3, -0.25) is 9.59 Å². The first-order valence-corrected chi connectivity index (χ1v) is 4.93. The van der Waals surface area contributed by atoms with Crippen molar-refractivity contribution in [2.24, 2.45) is 0 Å². The molecule has 0 fully saturated rings. The highest BCUT2D eigenvalue weighted by Gasteiger charge is 2.16. The lowest BCUT2D eigenvalue weighted by molar-refractivity contribution is -0.137. The standard InChI is InChI=1S/C10H14N2O4/c1-6(3-4-8(13)14)12-10(15)9-7(2)11-5-16-9/h5-6H,3-4H2,1-2H3,(H,12,15)(H,13,14). The molecule has 0 aliphatic rings.